The van der Waals surface area contributed by atoms with E-state index in [4.69, 9.17) is 25.8 Å². The molecule has 0 fully saturated rings. The average molecular weight is 593 g/mol. The third-order valence-corrected chi connectivity index (χ3v) is 6.11. The molecule has 2 heterocycles. The van der Waals surface area contributed by atoms with Crippen LogP contribution in [-0.2, 0) is 27.2 Å². The van der Waals surface area contributed by atoms with E-state index >= 15 is 0 Å². The van der Waals surface area contributed by atoms with E-state index in [-0.39, 0.29) is 76.8 Å². The fourth-order valence-corrected chi connectivity index (χ4v) is 4.35. The number of ether oxygens (including phenoxy) is 3. The zero-order valence-corrected chi connectivity index (χ0v) is 26.8. The number of aromatic amines is 1. The van der Waals surface area contributed by atoms with Gasteiger partial charge in [-0.05, 0) is 41.3 Å². The summed E-state index contributed by atoms with van der Waals surface area (Å²) in [7, 11) is 0. The fourth-order valence-electron chi connectivity index (χ4n) is 4.08. The SMILES string of the molecule is CCCCc1nc(Cl)c(C(=O)OC(C)OC(=O)OCC)n1Cc1ccc(-c2ccccc2)c(-c2nn[nH]n2)c1.[H-].[K+]. The quantitative estimate of drug-likeness (QED) is 0.158. The number of carbonyl (C=O) groups excluding carboxylic acids is 2. The summed E-state index contributed by atoms with van der Waals surface area (Å²) in [5.41, 5.74) is 3.62. The van der Waals surface area contributed by atoms with Crippen LogP contribution in [0.2, 0.25) is 5.15 Å². The predicted molar refractivity (Wildman–Crippen MR) is 144 cm³/mol. The molecule has 13 heteroatoms. The molecule has 0 aliphatic rings. The van der Waals surface area contributed by atoms with E-state index in [1.807, 2.05) is 48.5 Å². The van der Waals surface area contributed by atoms with Crippen molar-refractivity contribution in [3.8, 4) is 22.5 Å². The third-order valence-electron chi connectivity index (χ3n) is 5.84. The van der Waals surface area contributed by atoms with Gasteiger partial charge in [-0.25, -0.2) is 14.6 Å². The van der Waals surface area contributed by atoms with Gasteiger partial charge in [0.15, 0.2) is 10.8 Å². The van der Waals surface area contributed by atoms with E-state index in [9.17, 15) is 9.59 Å². The molecule has 2 aromatic heterocycles. The van der Waals surface area contributed by atoms with Crippen molar-refractivity contribution in [1.29, 1.82) is 0 Å². The first-order valence-corrected chi connectivity index (χ1v) is 13.0. The standard InChI is InChI=1S/C27H29ClN6O5.K.H/c1-4-6-12-22-29-24(28)23(26(35)38-17(3)39-27(36)37-5-2)34(22)16-18-13-14-20(19-10-8-7-9-11-19)21(15-18)25-30-32-33-31-25;;/h7-11,13-15,17H,4-6,12,16H2,1-3H3,(H,30,31,32,33);;/q;+1;-1. The van der Waals surface area contributed by atoms with E-state index in [0.29, 0.717) is 18.1 Å². The van der Waals surface area contributed by atoms with E-state index in [1.54, 1.807) is 11.5 Å². The van der Waals surface area contributed by atoms with Gasteiger partial charge < -0.3 is 20.2 Å². The Morgan fingerprint density at radius 3 is 2.55 bits per heavy atom. The number of aryl methyl sites for hydroxylation is 1. The molecule has 0 bridgehead atoms. The molecule has 0 aliphatic heterocycles. The summed E-state index contributed by atoms with van der Waals surface area (Å²) in [5.74, 6) is 0.308. The number of benzene rings is 2. The summed E-state index contributed by atoms with van der Waals surface area (Å²) in [6.07, 6.45) is 0.268. The number of hydrogen-bond acceptors (Lipinski definition) is 9. The molecule has 0 spiro atoms. The number of esters is 1. The van der Waals surface area contributed by atoms with Gasteiger partial charge >= 0.3 is 63.5 Å². The van der Waals surface area contributed by atoms with Gasteiger partial charge in [0.05, 0.1) is 6.61 Å². The Morgan fingerprint density at radius 1 is 1.10 bits per heavy atom. The summed E-state index contributed by atoms with van der Waals surface area (Å²) in [5, 5.41) is 14.6. The maximum atomic E-state index is 13.2. The molecule has 0 aliphatic carbocycles. The maximum Gasteiger partial charge on any atom is 1.00 e. The largest absolute Gasteiger partial charge is 1.00 e. The smallest absolute Gasteiger partial charge is 1.00 e. The molecule has 1 N–H and O–H groups in total. The Balaban J connectivity index is 0.00000294. The van der Waals surface area contributed by atoms with Crippen LogP contribution in [0.15, 0.2) is 48.5 Å². The van der Waals surface area contributed by atoms with Crippen LogP contribution in [0.25, 0.3) is 22.5 Å². The zero-order valence-electron chi connectivity index (χ0n) is 23.9. The van der Waals surface area contributed by atoms with Gasteiger partial charge in [-0.1, -0.05) is 67.4 Å². The van der Waals surface area contributed by atoms with Gasteiger partial charge in [-0.3, -0.25) is 0 Å². The van der Waals surface area contributed by atoms with E-state index < -0.39 is 18.4 Å². The summed E-state index contributed by atoms with van der Waals surface area (Å²) < 4.78 is 16.8. The predicted octanol–water partition coefficient (Wildman–Crippen LogP) is 2.57. The Labute approximate surface area is 280 Å². The number of aromatic nitrogens is 6. The van der Waals surface area contributed by atoms with Gasteiger partial charge in [-0.2, -0.15) is 5.21 Å². The summed E-state index contributed by atoms with van der Waals surface area (Å²) >= 11 is 6.45. The number of imidazole rings is 1. The zero-order chi connectivity index (χ0) is 27.8. The molecular formula is C27H30ClKN6O5. The second kappa shape index (κ2) is 15.4. The molecule has 0 amide bonds. The monoisotopic (exact) mass is 592 g/mol. The third kappa shape index (κ3) is 7.99. The Hall–Kier alpha value is -2.61. The number of hydrogen-bond donors (Lipinski definition) is 1. The molecule has 1 unspecified atom stereocenters. The van der Waals surface area contributed by atoms with Crippen LogP contribution in [0.3, 0.4) is 0 Å². The van der Waals surface area contributed by atoms with Crippen molar-refractivity contribution in [3.63, 3.8) is 0 Å². The van der Waals surface area contributed by atoms with Crippen LogP contribution in [0.5, 0.6) is 0 Å². The topological polar surface area (TPSA) is 134 Å². The summed E-state index contributed by atoms with van der Waals surface area (Å²) in [6.45, 7) is 5.54. The molecule has 4 rings (SSSR count). The van der Waals surface area contributed by atoms with Gasteiger partial charge in [0.1, 0.15) is 5.82 Å². The number of rotatable bonds is 11. The van der Waals surface area contributed by atoms with E-state index in [1.165, 1.54) is 6.92 Å². The number of unbranched alkanes of at least 4 members (excludes halogenated alkanes) is 1. The van der Waals surface area contributed by atoms with E-state index in [2.05, 4.69) is 32.5 Å². The molecule has 4 aromatic rings. The van der Waals surface area contributed by atoms with Crippen molar-refractivity contribution in [1.82, 2.24) is 30.2 Å². The molecule has 11 nitrogen and oxygen atoms in total. The number of nitrogens with one attached hydrogen (secondary N) is 1. The average Bonchev–Trinajstić information content (AvgIpc) is 3.56. The second-order valence-corrected chi connectivity index (χ2v) is 8.97. The summed E-state index contributed by atoms with van der Waals surface area (Å²) in [4.78, 5) is 29.3. The van der Waals surface area contributed by atoms with E-state index in [0.717, 1.165) is 35.1 Å². The molecule has 40 heavy (non-hydrogen) atoms. The maximum absolute atomic E-state index is 13.2. The molecule has 206 valence electrons. The molecule has 0 saturated heterocycles. The van der Waals surface area contributed by atoms with Gasteiger partial charge in [0, 0.05) is 25.5 Å². The number of tetrazole rings is 1. The number of H-pyrrole nitrogens is 1. The van der Waals surface area contributed by atoms with Crippen LogP contribution in [0.1, 0.15) is 56.9 Å². The molecule has 0 radical (unpaired) electrons. The van der Waals surface area contributed by atoms with Crippen molar-refractivity contribution in [2.45, 2.75) is 52.9 Å². The van der Waals surface area contributed by atoms with Crippen LogP contribution in [0, 0.1) is 0 Å². The normalized spacial score (nSPS) is 11.4. The first-order valence-electron chi connectivity index (χ1n) is 12.6. The first kappa shape index (κ1) is 31.9. The Kier molecular flexibility index (Phi) is 12.3. The minimum atomic E-state index is -1.19. The minimum absolute atomic E-state index is 0. The number of halogens is 1. The van der Waals surface area contributed by atoms with Crippen LogP contribution in [0.4, 0.5) is 4.79 Å². The Bertz CT molecular complexity index is 1420. The Morgan fingerprint density at radius 2 is 1.88 bits per heavy atom. The van der Waals surface area contributed by atoms with Gasteiger partial charge in [0.25, 0.3) is 0 Å². The molecule has 2 aromatic carbocycles. The van der Waals surface area contributed by atoms with Crippen molar-refractivity contribution >= 4 is 23.7 Å². The summed E-state index contributed by atoms with van der Waals surface area (Å²) in [6, 6.07) is 15.8. The number of carbonyl (C=O) groups is 2. The minimum Gasteiger partial charge on any atom is -1.00 e. The molecular weight excluding hydrogens is 563 g/mol. The molecule has 0 saturated carbocycles. The first-order chi connectivity index (χ1) is 18.9. The van der Waals surface area contributed by atoms with Gasteiger partial charge in [-0.15, -0.1) is 10.2 Å². The van der Waals surface area contributed by atoms with Crippen molar-refractivity contribution in [2.75, 3.05) is 6.61 Å². The van der Waals surface area contributed by atoms with Crippen LogP contribution >= 0.6 is 11.6 Å². The van der Waals surface area contributed by atoms with Crippen LogP contribution in [-0.4, -0.2) is 55.2 Å². The number of nitrogens with zero attached hydrogens (tertiary/aromatic N) is 5. The fraction of sp³-hybridized carbons (Fsp3) is 0.333. The van der Waals surface area contributed by atoms with Crippen molar-refractivity contribution in [2.24, 2.45) is 0 Å². The van der Waals surface area contributed by atoms with Gasteiger partial charge in [0.2, 0.25) is 12.1 Å². The van der Waals surface area contributed by atoms with Crippen LogP contribution < -0.4 is 51.4 Å². The van der Waals surface area contributed by atoms with Crippen molar-refractivity contribution < 1.29 is 76.6 Å². The molecule has 1 atom stereocenters. The van der Waals surface area contributed by atoms with Crippen molar-refractivity contribution in [3.05, 3.63) is 70.8 Å². The second-order valence-electron chi connectivity index (χ2n) is 8.61.